The molecule has 1 N–H and O–H groups in total. The molecule has 0 bridgehead atoms. The van der Waals surface area contributed by atoms with Crippen LogP contribution in [0.2, 0.25) is 0 Å². The molecule has 0 aliphatic carbocycles. The Bertz CT molecular complexity index is 759. The summed E-state index contributed by atoms with van der Waals surface area (Å²) in [6, 6.07) is 8.84. The standard InChI is InChI=1S/C18H18F3N3O/c1-12(25)23-10-13-9-16-17(3-2-8-22-16)24(11-13)15-6-4-14(5-7-15)18(19,20)21/h2-8,13H,9-11H2,1H3,(H,23,25). The van der Waals surface area contributed by atoms with Gasteiger partial charge in [-0.15, -0.1) is 0 Å². The van der Waals surface area contributed by atoms with Gasteiger partial charge in [-0.05, 0) is 48.7 Å². The van der Waals surface area contributed by atoms with Crippen molar-refractivity contribution in [1.82, 2.24) is 10.3 Å². The van der Waals surface area contributed by atoms with Crippen LogP contribution in [-0.4, -0.2) is 24.0 Å². The largest absolute Gasteiger partial charge is 0.416 e. The Morgan fingerprint density at radius 3 is 2.64 bits per heavy atom. The lowest BCUT2D eigenvalue weighted by molar-refractivity contribution is -0.137. The molecule has 0 spiro atoms. The van der Waals surface area contributed by atoms with Crippen LogP contribution >= 0.6 is 0 Å². The highest BCUT2D eigenvalue weighted by Gasteiger charge is 2.31. The predicted molar refractivity (Wildman–Crippen MR) is 88.6 cm³/mol. The van der Waals surface area contributed by atoms with E-state index in [1.54, 1.807) is 6.20 Å². The van der Waals surface area contributed by atoms with Crippen LogP contribution < -0.4 is 10.2 Å². The van der Waals surface area contributed by atoms with Gasteiger partial charge >= 0.3 is 6.18 Å². The van der Waals surface area contributed by atoms with Crippen molar-refractivity contribution in [3.05, 3.63) is 53.9 Å². The lowest BCUT2D eigenvalue weighted by Gasteiger charge is -2.35. The molecule has 132 valence electrons. The van der Waals surface area contributed by atoms with E-state index in [1.807, 2.05) is 17.0 Å². The summed E-state index contributed by atoms with van der Waals surface area (Å²) in [6.07, 6.45) is -1.94. The lowest BCUT2D eigenvalue weighted by atomic mass is 9.95. The summed E-state index contributed by atoms with van der Waals surface area (Å²) in [4.78, 5) is 17.5. The van der Waals surface area contributed by atoms with Gasteiger partial charge in [0.05, 0.1) is 16.9 Å². The number of nitrogens with one attached hydrogen (secondary N) is 1. The smallest absolute Gasteiger partial charge is 0.356 e. The number of pyridine rings is 1. The number of hydrogen-bond donors (Lipinski definition) is 1. The van der Waals surface area contributed by atoms with E-state index in [1.165, 1.54) is 19.1 Å². The van der Waals surface area contributed by atoms with Crippen LogP contribution in [0.3, 0.4) is 0 Å². The number of carbonyl (C=O) groups is 1. The molecule has 2 aromatic rings. The van der Waals surface area contributed by atoms with Crippen molar-refractivity contribution in [2.45, 2.75) is 19.5 Å². The number of halogens is 3. The van der Waals surface area contributed by atoms with Gasteiger partial charge in [0.1, 0.15) is 0 Å². The summed E-state index contributed by atoms with van der Waals surface area (Å²) in [5, 5.41) is 2.80. The molecule has 0 fully saturated rings. The number of rotatable bonds is 3. The molecule has 1 aliphatic rings. The zero-order valence-corrected chi connectivity index (χ0v) is 13.7. The minimum atomic E-state index is -4.35. The maximum absolute atomic E-state index is 12.8. The van der Waals surface area contributed by atoms with E-state index in [-0.39, 0.29) is 11.8 Å². The molecule has 1 aromatic carbocycles. The van der Waals surface area contributed by atoms with E-state index in [0.29, 0.717) is 25.2 Å². The number of alkyl halides is 3. The molecule has 1 unspecified atom stereocenters. The first kappa shape index (κ1) is 17.3. The number of carbonyl (C=O) groups excluding carboxylic acids is 1. The Morgan fingerprint density at radius 1 is 1.28 bits per heavy atom. The predicted octanol–water partition coefficient (Wildman–Crippen LogP) is 3.55. The third-order valence-corrected chi connectivity index (χ3v) is 4.23. The molecule has 1 aromatic heterocycles. The summed E-state index contributed by atoms with van der Waals surface area (Å²) in [5.74, 6) is 0.0292. The van der Waals surface area contributed by atoms with Crippen LogP contribution in [0.15, 0.2) is 42.6 Å². The van der Waals surface area contributed by atoms with Gasteiger partial charge in [0.25, 0.3) is 0 Å². The Hall–Kier alpha value is -2.57. The first-order valence-electron chi connectivity index (χ1n) is 7.97. The quantitative estimate of drug-likeness (QED) is 0.922. The van der Waals surface area contributed by atoms with E-state index < -0.39 is 11.7 Å². The highest BCUT2D eigenvalue weighted by molar-refractivity contribution is 5.73. The van der Waals surface area contributed by atoms with Gasteiger partial charge in [-0.1, -0.05) is 0 Å². The van der Waals surface area contributed by atoms with Gasteiger partial charge in [0.2, 0.25) is 5.91 Å². The van der Waals surface area contributed by atoms with Gasteiger partial charge in [0.15, 0.2) is 0 Å². The average Bonchev–Trinajstić information content (AvgIpc) is 2.58. The molecule has 1 aliphatic heterocycles. The maximum Gasteiger partial charge on any atom is 0.416 e. The van der Waals surface area contributed by atoms with E-state index in [9.17, 15) is 18.0 Å². The highest BCUT2D eigenvalue weighted by atomic mass is 19.4. The first-order valence-corrected chi connectivity index (χ1v) is 7.97. The van der Waals surface area contributed by atoms with Gasteiger partial charge in [-0.3, -0.25) is 9.78 Å². The van der Waals surface area contributed by atoms with E-state index in [4.69, 9.17) is 0 Å². The van der Waals surface area contributed by atoms with E-state index in [2.05, 4.69) is 10.3 Å². The van der Waals surface area contributed by atoms with Gasteiger partial charge < -0.3 is 10.2 Å². The minimum Gasteiger partial charge on any atom is -0.356 e. The second-order valence-electron chi connectivity index (χ2n) is 6.13. The topological polar surface area (TPSA) is 45.2 Å². The molecule has 0 radical (unpaired) electrons. The Morgan fingerprint density at radius 2 is 2.00 bits per heavy atom. The molecule has 25 heavy (non-hydrogen) atoms. The fraction of sp³-hybridized carbons (Fsp3) is 0.333. The molecular formula is C18H18F3N3O. The number of amides is 1. The fourth-order valence-corrected chi connectivity index (χ4v) is 3.03. The van der Waals surface area contributed by atoms with E-state index >= 15 is 0 Å². The maximum atomic E-state index is 12.8. The normalized spacial score (nSPS) is 17.1. The number of nitrogens with zero attached hydrogens (tertiary/aromatic N) is 2. The third kappa shape index (κ3) is 3.92. The molecule has 4 nitrogen and oxygen atoms in total. The van der Waals surface area contributed by atoms with Crippen LogP contribution in [0.4, 0.5) is 24.5 Å². The van der Waals surface area contributed by atoms with Crippen molar-refractivity contribution >= 4 is 17.3 Å². The van der Waals surface area contributed by atoms with Crippen molar-refractivity contribution < 1.29 is 18.0 Å². The summed E-state index contributed by atoms with van der Waals surface area (Å²) in [5.41, 5.74) is 1.77. The SMILES string of the molecule is CC(=O)NCC1Cc2ncccc2N(c2ccc(C(F)(F)F)cc2)C1. The van der Waals surface area contributed by atoms with Gasteiger partial charge in [0, 0.05) is 31.9 Å². The van der Waals surface area contributed by atoms with Crippen LogP contribution in [0.25, 0.3) is 0 Å². The minimum absolute atomic E-state index is 0.104. The lowest BCUT2D eigenvalue weighted by Crippen LogP contribution is -2.39. The third-order valence-electron chi connectivity index (χ3n) is 4.23. The van der Waals surface area contributed by atoms with Crippen molar-refractivity contribution in [3.63, 3.8) is 0 Å². The summed E-state index contributed by atoms with van der Waals surface area (Å²) < 4.78 is 38.3. The zero-order valence-electron chi connectivity index (χ0n) is 13.7. The number of anilines is 2. The summed E-state index contributed by atoms with van der Waals surface area (Å²) in [6.45, 7) is 2.56. The van der Waals surface area contributed by atoms with Crippen molar-refractivity contribution in [2.24, 2.45) is 5.92 Å². The zero-order chi connectivity index (χ0) is 18.0. The number of aromatic nitrogens is 1. The van der Waals surface area contributed by atoms with Crippen LogP contribution in [0.1, 0.15) is 18.2 Å². The second-order valence-corrected chi connectivity index (χ2v) is 6.13. The van der Waals surface area contributed by atoms with Crippen molar-refractivity contribution in [3.8, 4) is 0 Å². The Balaban J connectivity index is 1.89. The highest BCUT2D eigenvalue weighted by Crippen LogP contribution is 2.36. The molecule has 0 saturated heterocycles. The number of fused-ring (bicyclic) bond motifs is 1. The Kier molecular flexibility index (Phi) is 4.65. The number of hydrogen-bond acceptors (Lipinski definition) is 3. The average molecular weight is 349 g/mol. The molecule has 2 heterocycles. The summed E-state index contributed by atoms with van der Waals surface area (Å²) >= 11 is 0. The fourth-order valence-electron chi connectivity index (χ4n) is 3.03. The second kappa shape index (κ2) is 6.74. The molecular weight excluding hydrogens is 331 g/mol. The Labute approximate surface area is 143 Å². The van der Waals surface area contributed by atoms with Gasteiger partial charge in [-0.25, -0.2) is 0 Å². The van der Waals surface area contributed by atoms with Crippen LogP contribution in [0, 0.1) is 5.92 Å². The molecule has 1 amide bonds. The van der Waals surface area contributed by atoms with Crippen molar-refractivity contribution in [2.75, 3.05) is 18.0 Å². The van der Waals surface area contributed by atoms with Crippen molar-refractivity contribution in [1.29, 1.82) is 0 Å². The molecule has 1 atom stereocenters. The first-order chi connectivity index (χ1) is 11.8. The van der Waals surface area contributed by atoms with Crippen LogP contribution in [0.5, 0.6) is 0 Å². The molecule has 0 saturated carbocycles. The number of benzene rings is 1. The molecule has 3 rings (SSSR count). The summed E-state index contributed by atoms with van der Waals surface area (Å²) in [7, 11) is 0. The van der Waals surface area contributed by atoms with Gasteiger partial charge in [-0.2, -0.15) is 13.2 Å². The molecule has 7 heteroatoms. The van der Waals surface area contributed by atoms with Crippen LogP contribution in [-0.2, 0) is 17.4 Å². The monoisotopic (exact) mass is 349 g/mol. The van der Waals surface area contributed by atoms with E-state index in [0.717, 1.165) is 23.5 Å².